The highest BCUT2D eigenvalue weighted by atomic mass is 32.2. The number of carbonyl (C=O) groups is 1. The maximum absolute atomic E-state index is 11.9. The van der Waals surface area contributed by atoms with E-state index in [0.29, 0.717) is 11.8 Å². The van der Waals surface area contributed by atoms with Gasteiger partial charge in [-0.3, -0.25) is 4.79 Å². The molecule has 1 unspecified atom stereocenters. The summed E-state index contributed by atoms with van der Waals surface area (Å²) in [6.07, 6.45) is 0. The number of amides is 1. The van der Waals surface area contributed by atoms with Gasteiger partial charge in [0.1, 0.15) is 0 Å². The SMILES string of the molecule is CC(C)c1ccc2c(c1)SC(C(C)C)C(=O)N2. The quantitative estimate of drug-likeness (QED) is 0.861. The van der Waals surface area contributed by atoms with E-state index in [1.54, 1.807) is 11.8 Å². The number of hydrogen-bond acceptors (Lipinski definition) is 2. The minimum Gasteiger partial charge on any atom is -0.324 e. The van der Waals surface area contributed by atoms with Crippen LogP contribution >= 0.6 is 11.8 Å². The zero-order chi connectivity index (χ0) is 12.6. The van der Waals surface area contributed by atoms with E-state index in [4.69, 9.17) is 0 Å². The van der Waals surface area contributed by atoms with Gasteiger partial charge in [0.05, 0.1) is 10.9 Å². The summed E-state index contributed by atoms with van der Waals surface area (Å²) in [7, 11) is 0. The summed E-state index contributed by atoms with van der Waals surface area (Å²) < 4.78 is 0. The third kappa shape index (κ3) is 2.49. The molecule has 2 rings (SSSR count). The van der Waals surface area contributed by atoms with E-state index in [2.05, 4.69) is 45.1 Å². The van der Waals surface area contributed by atoms with Crippen LogP contribution < -0.4 is 5.32 Å². The summed E-state index contributed by atoms with van der Waals surface area (Å²) in [5.74, 6) is 1.02. The van der Waals surface area contributed by atoms with E-state index in [-0.39, 0.29) is 11.2 Å². The number of fused-ring (bicyclic) bond motifs is 1. The maximum Gasteiger partial charge on any atom is 0.238 e. The molecule has 1 N–H and O–H groups in total. The standard InChI is InChI=1S/C14H19NOS/c1-8(2)10-5-6-11-12(7-10)17-13(9(3)4)14(16)15-11/h5-9,13H,1-4H3,(H,15,16). The van der Waals surface area contributed by atoms with Crippen molar-refractivity contribution in [3.63, 3.8) is 0 Å². The number of carbonyl (C=O) groups excluding carboxylic acids is 1. The van der Waals surface area contributed by atoms with Gasteiger partial charge in [0, 0.05) is 4.90 Å². The lowest BCUT2D eigenvalue weighted by molar-refractivity contribution is -0.116. The summed E-state index contributed by atoms with van der Waals surface area (Å²) in [6, 6.07) is 6.33. The molecule has 0 aromatic heterocycles. The van der Waals surface area contributed by atoms with Crippen LogP contribution in [0.3, 0.4) is 0 Å². The van der Waals surface area contributed by atoms with Crippen LogP contribution in [0, 0.1) is 5.92 Å². The highest BCUT2D eigenvalue weighted by Gasteiger charge is 2.29. The lowest BCUT2D eigenvalue weighted by Gasteiger charge is -2.27. The number of thioether (sulfide) groups is 1. The second kappa shape index (κ2) is 4.73. The third-order valence-electron chi connectivity index (χ3n) is 3.05. The molecule has 1 aliphatic rings. The molecule has 1 amide bonds. The molecule has 0 bridgehead atoms. The molecule has 2 nitrogen and oxygen atoms in total. The zero-order valence-corrected chi connectivity index (χ0v) is 11.6. The number of hydrogen-bond donors (Lipinski definition) is 1. The van der Waals surface area contributed by atoms with Crippen molar-refractivity contribution in [1.82, 2.24) is 0 Å². The Morgan fingerprint density at radius 3 is 2.53 bits per heavy atom. The molecular weight excluding hydrogens is 230 g/mol. The Morgan fingerprint density at radius 2 is 1.94 bits per heavy atom. The van der Waals surface area contributed by atoms with Gasteiger partial charge in [-0.15, -0.1) is 11.8 Å². The number of anilines is 1. The Kier molecular flexibility index (Phi) is 3.48. The van der Waals surface area contributed by atoms with Crippen molar-refractivity contribution < 1.29 is 4.79 Å². The molecule has 0 spiro atoms. The largest absolute Gasteiger partial charge is 0.324 e. The van der Waals surface area contributed by atoms with Crippen LogP contribution in [0.1, 0.15) is 39.2 Å². The number of benzene rings is 1. The molecule has 0 aliphatic carbocycles. The van der Waals surface area contributed by atoms with E-state index in [0.717, 1.165) is 5.69 Å². The Bertz CT molecular complexity index is 440. The molecule has 17 heavy (non-hydrogen) atoms. The second-order valence-corrected chi connectivity index (χ2v) is 6.37. The number of rotatable bonds is 2. The van der Waals surface area contributed by atoms with Crippen LogP contribution in [-0.2, 0) is 4.79 Å². The van der Waals surface area contributed by atoms with Crippen LogP contribution in [-0.4, -0.2) is 11.2 Å². The summed E-state index contributed by atoms with van der Waals surface area (Å²) in [5, 5.41) is 3.03. The van der Waals surface area contributed by atoms with Crippen molar-refractivity contribution in [2.24, 2.45) is 5.92 Å². The van der Waals surface area contributed by atoms with Crippen LogP contribution in [0.4, 0.5) is 5.69 Å². The van der Waals surface area contributed by atoms with Gasteiger partial charge in [-0.05, 0) is 29.5 Å². The summed E-state index contributed by atoms with van der Waals surface area (Å²) in [5.41, 5.74) is 2.29. The molecular formula is C14H19NOS. The van der Waals surface area contributed by atoms with Gasteiger partial charge in [-0.1, -0.05) is 33.8 Å². The monoisotopic (exact) mass is 249 g/mol. The zero-order valence-electron chi connectivity index (χ0n) is 10.8. The van der Waals surface area contributed by atoms with Crippen molar-refractivity contribution >= 4 is 23.4 Å². The fraction of sp³-hybridized carbons (Fsp3) is 0.500. The third-order valence-corrected chi connectivity index (χ3v) is 4.65. The van der Waals surface area contributed by atoms with Crippen molar-refractivity contribution in [2.45, 2.75) is 43.8 Å². The molecule has 1 heterocycles. The summed E-state index contributed by atoms with van der Waals surface area (Å²) >= 11 is 1.69. The van der Waals surface area contributed by atoms with Gasteiger partial charge in [0.15, 0.2) is 0 Å². The highest BCUT2D eigenvalue weighted by Crippen LogP contribution is 2.39. The Balaban J connectivity index is 2.33. The van der Waals surface area contributed by atoms with Crippen molar-refractivity contribution in [1.29, 1.82) is 0 Å². The smallest absolute Gasteiger partial charge is 0.238 e. The van der Waals surface area contributed by atoms with Gasteiger partial charge in [0.25, 0.3) is 0 Å². The highest BCUT2D eigenvalue weighted by molar-refractivity contribution is 8.01. The van der Waals surface area contributed by atoms with Crippen LogP contribution in [0.25, 0.3) is 0 Å². The van der Waals surface area contributed by atoms with Crippen molar-refractivity contribution in [2.75, 3.05) is 5.32 Å². The van der Waals surface area contributed by atoms with Crippen LogP contribution in [0.2, 0.25) is 0 Å². The fourth-order valence-corrected chi connectivity index (χ4v) is 3.09. The minimum absolute atomic E-state index is 0.0323. The Morgan fingerprint density at radius 1 is 1.24 bits per heavy atom. The molecule has 0 saturated heterocycles. The lowest BCUT2D eigenvalue weighted by atomic mass is 10.0. The van der Waals surface area contributed by atoms with Crippen LogP contribution in [0.15, 0.2) is 23.1 Å². The first-order valence-electron chi connectivity index (χ1n) is 6.10. The van der Waals surface area contributed by atoms with Crippen LogP contribution in [0.5, 0.6) is 0 Å². The average molecular weight is 249 g/mol. The molecule has 3 heteroatoms. The Hall–Kier alpha value is -0.960. The van der Waals surface area contributed by atoms with Gasteiger partial charge >= 0.3 is 0 Å². The molecule has 92 valence electrons. The molecule has 1 atom stereocenters. The Labute approximate surface area is 107 Å². The van der Waals surface area contributed by atoms with E-state index in [1.165, 1.54) is 10.5 Å². The lowest BCUT2D eigenvalue weighted by Crippen LogP contribution is -2.32. The molecule has 0 fully saturated rings. The minimum atomic E-state index is 0.0323. The topological polar surface area (TPSA) is 29.1 Å². The first-order chi connectivity index (χ1) is 7.99. The van der Waals surface area contributed by atoms with E-state index < -0.39 is 0 Å². The van der Waals surface area contributed by atoms with E-state index in [1.807, 2.05) is 6.07 Å². The van der Waals surface area contributed by atoms with Crippen molar-refractivity contribution in [3.05, 3.63) is 23.8 Å². The predicted molar refractivity (Wildman–Crippen MR) is 73.6 cm³/mol. The second-order valence-electron chi connectivity index (χ2n) is 5.18. The van der Waals surface area contributed by atoms with Gasteiger partial charge in [-0.2, -0.15) is 0 Å². The molecule has 1 aromatic carbocycles. The predicted octanol–water partition coefficient (Wildman–Crippen LogP) is 3.88. The first kappa shape index (κ1) is 12.5. The molecule has 1 aliphatic heterocycles. The molecule has 0 saturated carbocycles. The van der Waals surface area contributed by atoms with E-state index in [9.17, 15) is 4.79 Å². The molecule has 1 aromatic rings. The molecule has 0 radical (unpaired) electrons. The van der Waals surface area contributed by atoms with E-state index >= 15 is 0 Å². The average Bonchev–Trinajstić information content (AvgIpc) is 2.27. The van der Waals surface area contributed by atoms with Gasteiger partial charge in [0.2, 0.25) is 5.91 Å². The van der Waals surface area contributed by atoms with Gasteiger partial charge < -0.3 is 5.32 Å². The first-order valence-corrected chi connectivity index (χ1v) is 6.98. The summed E-state index contributed by atoms with van der Waals surface area (Å²) in [4.78, 5) is 13.1. The van der Waals surface area contributed by atoms with Crippen molar-refractivity contribution in [3.8, 4) is 0 Å². The number of nitrogens with one attached hydrogen (secondary N) is 1. The van der Waals surface area contributed by atoms with Gasteiger partial charge in [-0.25, -0.2) is 0 Å². The fourth-order valence-electron chi connectivity index (χ4n) is 1.93. The maximum atomic E-state index is 11.9. The summed E-state index contributed by atoms with van der Waals surface area (Å²) in [6.45, 7) is 8.56. The normalized spacial score (nSPS) is 19.4.